The summed E-state index contributed by atoms with van der Waals surface area (Å²) in [6, 6.07) is 8.93. The Balaban J connectivity index is 2.37. The van der Waals surface area contributed by atoms with Crippen molar-refractivity contribution in [3.8, 4) is 0 Å². The third-order valence-corrected chi connectivity index (χ3v) is 4.87. The SMILES string of the molecule is CCN(c1cccc(C)c1)c1nc(C)c(C(C)NC)s1. The van der Waals surface area contributed by atoms with E-state index in [1.807, 2.05) is 7.05 Å². The van der Waals surface area contributed by atoms with Crippen molar-refractivity contribution in [2.24, 2.45) is 0 Å². The lowest BCUT2D eigenvalue weighted by molar-refractivity contribution is 0.658. The van der Waals surface area contributed by atoms with Crippen LogP contribution in [0.15, 0.2) is 24.3 Å². The molecule has 1 N–H and O–H groups in total. The minimum atomic E-state index is 0.345. The molecule has 0 spiro atoms. The second-order valence-corrected chi connectivity index (χ2v) is 6.05. The summed E-state index contributed by atoms with van der Waals surface area (Å²) in [6.45, 7) is 9.48. The summed E-state index contributed by atoms with van der Waals surface area (Å²) in [6.07, 6.45) is 0. The van der Waals surface area contributed by atoms with Gasteiger partial charge in [0.1, 0.15) is 0 Å². The molecule has 0 aliphatic carbocycles. The molecule has 0 bridgehead atoms. The molecule has 4 heteroatoms. The van der Waals surface area contributed by atoms with Crippen LogP contribution in [-0.2, 0) is 0 Å². The van der Waals surface area contributed by atoms with Crippen molar-refractivity contribution in [3.63, 3.8) is 0 Å². The zero-order valence-electron chi connectivity index (χ0n) is 12.9. The van der Waals surface area contributed by atoms with E-state index in [-0.39, 0.29) is 0 Å². The Morgan fingerprint density at radius 2 is 2.10 bits per heavy atom. The molecule has 1 aromatic carbocycles. The van der Waals surface area contributed by atoms with Crippen molar-refractivity contribution in [2.75, 3.05) is 18.5 Å². The van der Waals surface area contributed by atoms with Gasteiger partial charge in [0, 0.05) is 23.2 Å². The zero-order chi connectivity index (χ0) is 14.7. The highest BCUT2D eigenvalue weighted by Crippen LogP contribution is 2.34. The standard InChI is InChI=1S/C16H23N3S/c1-6-19(14-9-7-8-11(2)10-14)16-18-13(4)15(20-16)12(3)17-5/h7-10,12,17H,6H2,1-5H3. The summed E-state index contributed by atoms with van der Waals surface area (Å²) in [5.74, 6) is 0. The van der Waals surface area contributed by atoms with Gasteiger partial charge in [-0.05, 0) is 52.4 Å². The van der Waals surface area contributed by atoms with E-state index in [0.29, 0.717) is 6.04 Å². The Morgan fingerprint density at radius 1 is 1.35 bits per heavy atom. The molecule has 0 saturated heterocycles. The zero-order valence-corrected chi connectivity index (χ0v) is 13.7. The fraction of sp³-hybridized carbons (Fsp3) is 0.438. The first-order valence-corrected chi connectivity index (χ1v) is 7.87. The molecule has 108 valence electrons. The molecule has 0 aliphatic heterocycles. The molecule has 1 unspecified atom stereocenters. The van der Waals surface area contributed by atoms with Gasteiger partial charge in [0.05, 0.1) is 5.69 Å². The number of anilines is 2. The first-order chi connectivity index (χ1) is 9.56. The van der Waals surface area contributed by atoms with E-state index in [1.54, 1.807) is 11.3 Å². The predicted molar refractivity (Wildman–Crippen MR) is 88.2 cm³/mol. The van der Waals surface area contributed by atoms with Crippen LogP contribution in [0.2, 0.25) is 0 Å². The molecule has 1 heterocycles. The quantitative estimate of drug-likeness (QED) is 0.894. The summed E-state index contributed by atoms with van der Waals surface area (Å²) in [7, 11) is 1.99. The van der Waals surface area contributed by atoms with Crippen LogP contribution in [0.4, 0.5) is 10.8 Å². The van der Waals surface area contributed by atoms with Gasteiger partial charge in [0.15, 0.2) is 5.13 Å². The Labute approximate surface area is 125 Å². The molecule has 20 heavy (non-hydrogen) atoms. The number of hydrogen-bond acceptors (Lipinski definition) is 4. The summed E-state index contributed by atoms with van der Waals surface area (Å²) in [5, 5.41) is 4.37. The lowest BCUT2D eigenvalue weighted by Gasteiger charge is -2.20. The van der Waals surface area contributed by atoms with Gasteiger partial charge >= 0.3 is 0 Å². The Bertz CT molecular complexity index is 577. The third kappa shape index (κ3) is 3.02. The molecule has 1 aromatic heterocycles. The van der Waals surface area contributed by atoms with E-state index in [2.05, 4.69) is 62.2 Å². The van der Waals surface area contributed by atoms with Crippen LogP contribution in [0.3, 0.4) is 0 Å². The van der Waals surface area contributed by atoms with Crippen molar-refractivity contribution in [1.82, 2.24) is 10.3 Å². The maximum atomic E-state index is 4.76. The van der Waals surface area contributed by atoms with Gasteiger partial charge < -0.3 is 10.2 Å². The molecule has 3 nitrogen and oxygen atoms in total. The van der Waals surface area contributed by atoms with E-state index in [1.165, 1.54) is 16.1 Å². The van der Waals surface area contributed by atoms with Crippen molar-refractivity contribution in [3.05, 3.63) is 40.4 Å². The van der Waals surface area contributed by atoms with Crippen LogP contribution >= 0.6 is 11.3 Å². The van der Waals surface area contributed by atoms with Gasteiger partial charge in [-0.15, -0.1) is 0 Å². The van der Waals surface area contributed by atoms with Crippen molar-refractivity contribution in [1.29, 1.82) is 0 Å². The van der Waals surface area contributed by atoms with Gasteiger partial charge in [-0.25, -0.2) is 4.98 Å². The van der Waals surface area contributed by atoms with Crippen LogP contribution in [0.5, 0.6) is 0 Å². The van der Waals surface area contributed by atoms with Gasteiger partial charge in [0.25, 0.3) is 0 Å². The molecular formula is C16H23N3S. The smallest absolute Gasteiger partial charge is 0.190 e. The van der Waals surface area contributed by atoms with E-state index in [0.717, 1.165) is 17.4 Å². The van der Waals surface area contributed by atoms with Crippen LogP contribution < -0.4 is 10.2 Å². The topological polar surface area (TPSA) is 28.2 Å². The van der Waals surface area contributed by atoms with Crippen LogP contribution in [0, 0.1) is 13.8 Å². The van der Waals surface area contributed by atoms with E-state index < -0.39 is 0 Å². The highest BCUT2D eigenvalue weighted by Gasteiger charge is 2.17. The van der Waals surface area contributed by atoms with Gasteiger partial charge in [-0.3, -0.25) is 0 Å². The second kappa shape index (κ2) is 6.37. The maximum Gasteiger partial charge on any atom is 0.190 e. The number of nitrogens with one attached hydrogen (secondary N) is 1. The largest absolute Gasteiger partial charge is 0.318 e. The number of aromatic nitrogens is 1. The molecule has 0 saturated carbocycles. The lowest BCUT2D eigenvalue weighted by Crippen LogP contribution is -2.15. The maximum absolute atomic E-state index is 4.76. The average Bonchev–Trinajstić information content (AvgIpc) is 2.81. The Kier molecular flexibility index (Phi) is 4.78. The first kappa shape index (κ1) is 15.0. The highest BCUT2D eigenvalue weighted by atomic mass is 32.1. The average molecular weight is 289 g/mol. The van der Waals surface area contributed by atoms with E-state index >= 15 is 0 Å². The molecular weight excluding hydrogens is 266 g/mol. The molecule has 0 aliphatic rings. The number of rotatable bonds is 5. The lowest BCUT2D eigenvalue weighted by atomic mass is 10.2. The van der Waals surface area contributed by atoms with Crippen LogP contribution in [0.25, 0.3) is 0 Å². The Morgan fingerprint density at radius 3 is 2.70 bits per heavy atom. The molecule has 0 amide bonds. The minimum absolute atomic E-state index is 0.345. The van der Waals surface area contributed by atoms with Gasteiger partial charge in [-0.2, -0.15) is 0 Å². The molecule has 0 fully saturated rings. The van der Waals surface area contributed by atoms with E-state index in [4.69, 9.17) is 4.98 Å². The number of benzene rings is 1. The monoisotopic (exact) mass is 289 g/mol. The van der Waals surface area contributed by atoms with Gasteiger partial charge in [0.2, 0.25) is 0 Å². The summed E-state index contributed by atoms with van der Waals surface area (Å²) < 4.78 is 0. The Hall–Kier alpha value is -1.39. The highest BCUT2D eigenvalue weighted by molar-refractivity contribution is 7.15. The second-order valence-electron chi connectivity index (χ2n) is 5.04. The fourth-order valence-electron chi connectivity index (χ4n) is 2.27. The normalized spacial score (nSPS) is 12.4. The fourth-order valence-corrected chi connectivity index (χ4v) is 3.48. The van der Waals surface area contributed by atoms with Crippen LogP contribution in [-0.4, -0.2) is 18.6 Å². The van der Waals surface area contributed by atoms with Crippen molar-refractivity contribution >= 4 is 22.2 Å². The first-order valence-electron chi connectivity index (χ1n) is 7.05. The summed E-state index contributed by atoms with van der Waals surface area (Å²) in [4.78, 5) is 8.35. The third-order valence-electron chi connectivity index (χ3n) is 3.51. The van der Waals surface area contributed by atoms with Crippen molar-refractivity contribution < 1.29 is 0 Å². The van der Waals surface area contributed by atoms with E-state index in [9.17, 15) is 0 Å². The number of hydrogen-bond donors (Lipinski definition) is 1. The molecule has 2 aromatic rings. The minimum Gasteiger partial charge on any atom is -0.318 e. The summed E-state index contributed by atoms with van der Waals surface area (Å²) >= 11 is 1.78. The summed E-state index contributed by atoms with van der Waals surface area (Å²) in [5.41, 5.74) is 3.61. The molecule has 1 atom stereocenters. The predicted octanol–water partition coefficient (Wildman–Crippen LogP) is 4.20. The molecule has 2 rings (SSSR count). The van der Waals surface area contributed by atoms with Crippen LogP contribution in [0.1, 0.15) is 36.0 Å². The van der Waals surface area contributed by atoms with Crippen molar-refractivity contribution in [2.45, 2.75) is 33.7 Å². The number of nitrogens with zero attached hydrogens (tertiary/aromatic N) is 2. The molecule has 0 radical (unpaired) electrons. The number of thiazole rings is 1. The van der Waals surface area contributed by atoms with Gasteiger partial charge in [-0.1, -0.05) is 23.5 Å². The number of aryl methyl sites for hydroxylation is 2.